The number of carbonyl (C=O) groups is 1. The Morgan fingerprint density at radius 2 is 1.86 bits per heavy atom. The molecule has 0 atom stereocenters. The van der Waals surface area contributed by atoms with Gasteiger partial charge in [-0.05, 0) is 25.5 Å². The highest BCUT2D eigenvalue weighted by Crippen LogP contribution is 2.21. The summed E-state index contributed by atoms with van der Waals surface area (Å²) in [6.07, 6.45) is 6.12. The van der Waals surface area contributed by atoms with Crippen LogP contribution >= 0.6 is 0 Å². The van der Waals surface area contributed by atoms with Crippen molar-refractivity contribution in [2.24, 2.45) is 0 Å². The quantitative estimate of drug-likeness (QED) is 0.516. The van der Waals surface area contributed by atoms with E-state index >= 15 is 0 Å². The van der Waals surface area contributed by atoms with Gasteiger partial charge in [0.1, 0.15) is 5.69 Å². The zero-order valence-corrected chi connectivity index (χ0v) is 13.1. The summed E-state index contributed by atoms with van der Waals surface area (Å²) in [4.78, 5) is 12.1. The van der Waals surface area contributed by atoms with Crippen molar-refractivity contribution in [2.45, 2.75) is 52.5 Å². The number of para-hydroxylation sites is 1. The second kappa shape index (κ2) is 7.87. The van der Waals surface area contributed by atoms with E-state index in [0.717, 1.165) is 23.9 Å². The minimum absolute atomic E-state index is 0.220. The molecule has 1 aromatic carbocycles. The first-order chi connectivity index (χ1) is 10.3. The Morgan fingerprint density at radius 1 is 1.10 bits per heavy atom. The molecule has 0 aliphatic rings. The van der Waals surface area contributed by atoms with Crippen LogP contribution in [0, 0.1) is 0 Å². The van der Waals surface area contributed by atoms with Gasteiger partial charge in [0.15, 0.2) is 0 Å². The van der Waals surface area contributed by atoms with E-state index in [4.69, 9.17) is 4.74 Å². The summed E-state index contributed by atoms with van der Waals surface area (Å²) < 4.78 is 7.29. The number of benzene rings is 1. The smallest absolute Gasteiger partial charge is 0.354 e. The molecule has 0 bridgehead atoms. The molecule has 0 aliphatic heterocycles. The molecule has 0 unspecified atom stereocenters. The van der Waals surface area contributed by atoms with Gasteiger partial charge in [-0.15, -0.1) is 0 Å². The van der Waals surface area contributed by atoms with Crippen molar-refractivity contribution in [1.82, 2.24) is 4.57 Å². The largest absolute Gasteiger partial charge is 0.461 e. The Hall–Kier alpha value is -1.77. The maximum atomic E-state index is 12.1. The van der Waals surface area contributed by atoms with Gasteiger partial charge in [-0.25, -0.2) is 4.79 Å². The lowest BCUT2D eigenvalue weighted by Gasteiger charge is -2.10. The highest BCUT2D eigenvalue weighted by atomic mass is 16.5. The molecule has 0 radical (unpaired) electrons. The second-order valence-corrected chi connectivity index (χ2v) is 5.37. The Morgan fingerprint density at radius 3 is 2.62 bits per heavy atom. The summed E-state index contributed by atoms with van der Waals surface area (Å²) in [7, 11) is 0. The number of ether oxygens (including phenoxy) is 1. The molecule has 0 amide bonds. The van der Waals surface area contributed by atoms with Gasteiger partial charge in [-0.2, -0.15) is 0 Å². The molecular formula is C18H25NO2. The average molecular weight is 287 g/mol. The van der Waals surface area contributed by atoms with E-state index in [1.165, 1.54) is 25.7 Å². The summed E-state index contributed by atoms with van der Waals surface area (Å²) >= 11 is 0. The van der Waals surface area contributed by atoms with Gasteiger partial charge >= 0.3 is 5.97 Å². The predicted molar refractivity (Wildman–Crippen MR) is 86.7 cm³/mol. The number of aryl methyl sites for hydroxylation is 1. The number of fused-ring (bicyclic) bond motifs is 1. The summed E-state index contributed by atoms with van der Waals surface area (Å²) in [6, 6.07) is 10.1. The second-order valence-electron chi connectivity index (χ2n) is 5.37. The molecule has 0 fully saturated rings. The molecule has 0 spiro atoms. The minimum atomic E-state index is -0.220. The third-order valence-corrected chi connectivity index (χ3v) is 3.78. The lowest BCUT2D eigenvalue weighted by Crippen LogP contribution is -2.12. The fourth-order valence-corrected chi connectivity index (χ4v) is 2.70. The van der Waals surface area contributed by atoms with Crippen molar-refractivity contribution in [2.75, 3.05) is 6.61 Å². The number of hydrogen-bond acceptors (Lipinski definition) is 2. The van der Waals surface area contributed by atoms with E-state index in [9.17, 15) is 4.79 Å². The Bertz CT molecular complexity index is 586. The van der Waals surface area contributed by atoms with Crippen molar-refractivity contribution < 1.29 is 9.53 Å². The third-order valence-electron chi connectivity index (χ3n) is 3.78. The number of nitrogens with zero attached hydrogens (tertiary/aromatic N) is 1. The Balaban J connectivity index is 2.17. The standard InChI is InChI=1S/C18H25NO2/c1-3-5-6-7-10-13-19-16-12-9-8-11-15(16)14-17(19)18(20)21-4-2/h8-9,11-12,14H,3-7,10,13H2,1-2H3. The van der Waals surface area contributed by atoms with Crippen molar-refractivity contribution >= 4 is 16.9 Å². The van der Waals surface area contributed by atoms with Crippen LogP contribution in [-0.2, 0) is 11.3 Å². The molecule has 2 aromatic rings. The zero-order chi connectivity index (χ0) is 15.1. The molecule has 1 heterocycles. The normalized spacial score (nSPS) is 11.0. The van der Waals surface area contributed by atoms with Crippen LogP contribution in [0.1, 0.15) is 56.4 Å². The van der Waals surface area contributed by atoms with E-state index in [2.05, 4.69) is 17.6 Å². The lowest BCUT2D eigenvalue weighted by molar-refractivity contribution is 0.0514. The summed E-state index contributed by atoms with van der Waals surface area (Å²) in [6.45, 7) is 5.36. The van der Waals surface area contributed by atoms with Crippen LogP contribution in [0.2, 0.25) is 0 Å². The molecule has 2 rings (SSSR count). The number of aromatic nitrogens is 1. The number of carbonyl (C=O) groups excluding carboxylic acids is 1. The van der Waals surface area contributed by atoms with Gasteiger partial charge in [-0.3, -0.25) is 0 Å². The van der Waals surface area contributed by atoms with Crippen molar-refractivity contribution in [3.8, 4) is 0 Å². The topological polar surface area (TPSA) is 31.2 Å². The van der Waals surface area contributed by atoms with Gasteiger partial charge < -0.3 is 9.30 Å². The molecule has 1 aromatic heterocycles. The fourth-order valence-electron chi connectivity index (χ4n) is 2.70. The van der Waals surface area contributed by atoms with E-state index in [0.29, 0.717) is 12.3 Å². The molecule has 3 heteroatoms. The first-order valence-corrected chi connectivity index (χ1v) is 8.03. The van der Waals surface area contributed by atoms with Crippen LogP contribution in [0.4, 0.5) is 0 Å². The first kappa shape index (κ1) is 15.6. The summed E-state index contributed by atoms with van der Waals surface area (Å²) in [5.41, 5.74) is 1.80. The highest BCUT2D eigenvalue weighted by molar-refractivity contribution is 5.95. The van der Waals surface area contributed by atoms with Gasteiger partial charge in [0, 0.05) is 17.4 Å². The van der Waals surface area contributed by atoms with Crippen LogP contribution in [0.15, 0.2) is 30.3 Å². The Kier molecular flexibility index (Phi) is 5.85. The van der Waals surface area contributed by atoms with Gasteiger partial charge in [-0.1, -0.05) is 50.8 Å². The van der Waals surface area contributed by atoms with E-state index in [-0.39, 0.29) is 5.97 Å². The predicted octanol–water partition coefficient (Wildman–Crippen LogP) is 4.79. The highest BCUT2D eigenvalue weighted by Gasteiger charge is 2.15. The van der Waals surface area contributed by atoms with Gasteiger partial charge in [0.25, 0.3) is 0 Å². The number of hydrogen-bond donors (Lipinski definition) is 0. The summed E-state index contributed by atoms with van der Waals surface area (Å²) in [5.74, 6) is -0.220. The molecule has 0 N–H and O–H groups in total. The van der Waals surface area contributed by atoms with E-state index < -0.39 is 0 Å². The maximum absolute atomic E-state index is 12.1. The van der Waals surface area contributed by atoms with Crippen LogP contribution in [0.25, 0.3) is 10.9 Å². The SMILES string of the molecule is CCCCCCCn1c(C(=O)OCC)cc2ccccc21. The van der Waals surface area contributed by atoms with Gasteiger partial charge in [0.05, 0.1) is 6.61 Å². The first-order valence-electron chi connectivity index (χ1n) is 8.03. The average Bonchev–Trinajstić information content (AvgIpc) is 2.86. The van der Waals surface area contributed by atoms with E-state index in [1.807, 2.05) is 31.2 Å². The Labute approximate surface area is 126 Å². The molecule has 114 valence electrons. The summed E-state index contributed by atoms with van der Waals surface area (Å²) in [5, 5.41) is 1.11. The molecule has 0 saturated heterocycles. The maximum Gasteiger partial charge on any atom is 0.354 e. The fraction of sp³-hybridized carbons (Fsp3) is 0.500. The third kappa shape index (κ3) is 3.87. The number of unbranched alkanes of at least 4 members (excludes halogenated alkanes) is 4. The number of esters is 1. The van der Waals surface area contributed by atoms with Crippen LogP contribution < -0.4 is 0 Å². The monoisotopic (exact) mass is 287 g/mol. The van der Waals surface area contributed by atoms with Crippen LogP contribution in [0.5, 0.6) is 0 Å². The van der Waals surface area contributed by atoms with Crippen molar-refractivity contribution in [3.63, 3.8) is 0 Å². The zero-order valence-electron chi connectivity index (χ0n) is 13.1. The van der Waals surface area contributed by atoms with Crippen molar-refractivity contribution in [1.29, 1.82) is 0 Å². The van der Waals surface area contributed by atoms with Crippen LogP contribution in [0.3, 0.4) is 0 Å². The molecule has 3 nitrogen and oxygen atoms in total. The lowest BCUT2D eigenvalue weighted by atomic mass is 10.1. The van der Waals surface area contributed by atoms with Crippen LogP contribution in [-0.4, -0.2) is 17.1 Å². The molecule has 21 heavy (non-hydrogen) atoms. The molecular weight excluding hydrogens is 262 g/mol. The van der Waals surface area contributed by atoms with Gasteiger partial charge in [0.2, 0.25) is 0 Å². The van der Waals surface area contributed by atoms with E-state index in [1.54, 1.807) is 0 Å². The molecule has 0 aliphatic carbocycles. The molecule has 0 saturated carbocycles. The number of rotatable bonds is 8. The van der Waals surface area contributed by atoms with Crippen molar-refractivity contribution in [3.05, 3.63) is 36.0 Å². The minimum Gasteiger partial charge on any atom is -0.461 e.